The number of nitrogens with zero attached hydrogens (tertiary/aromatic N) is 1. The average Bonchev–Trinajstić information content (AvgIpc) is 2.69. The maximum Gasteiger partial charge on any atom is 0.125 e. The highest BCUT2D eigenvalue weighted by Gasteiger charge is 2.14. The van der Waals surface area contributed by atoms with E-state index in [4.69, 9.17) is 4.74 Å². The van der Waals surface area contributed by atoms with Crippen molar-refractivity contribution in [1.29, 1.82) is 0 Å². The molecule has 2 aromatic rings. The van der Waals surface area contributed by atoms with Crippen molar-refractivity contribution in [2.45, 2.75) is 6.10 Å². The second-order valence-electron chi connectivity index (χ2n) is 4.15. The summed E-state index contributed by atoms with van der Waals surface area (Å²) in [7, 11) is 5.43. The Morgan fingerprint density at radius 1 is 1.47 bits per heavy atom. The molecule has 2 N–H and O–H groups in total. The van der Waals surface area contributed by atoms with Crippen molar-refractivity contribution in [3.05, 3.63) is 30.0 Å². The van der Waals surface area contributed by atoms with E-state index in [1.807, 2.05) is 43.1 Å². The molecule has 0 radical (unpaired) electrons. The molecule has 0 fully saturated rings. The van der Waals surface area contributed by atoms with Crippen LogP contribution in [-0.4, -0.2) is 30.4 Å². The molecule has 1 atom stereocenters. The Bertz CT molecular complexity index is 519. The molecule has 2 rings (SSSR count). The molecule has 1 aromatic carbocycles. The number of methoxy groups -OCH3 is 1. The van der Waals surface area contributed by atoms with Gasteiger partial charge >= 0.3 is 0 Å². The van der Waals surface area contributed by atoms with Crippen LogP contribution in [0.5, 0.6) is 5.75 Å². The minimum absolute atomic E-state index is 0.506. The first-order valence-corrected chi connectivity index (χ1v) is 5.63. The van der Waals surface area contributed by atoms with E-state index in [0.717, 1.165) is 22.2 Å². The molecule has 0 saturated carbocycles. The quantitative estimate of drug-likeness (QED) is 0.841. The van der Waals surface area contributed by atoms with Crippen molar-refractivity contribution in [1.82, 2.24) is 9.88 Å². The molecule has 4 heteroatoms. The largest absolute Gasteiger partial charge is 0.496 e. The fourth-order valence-electron chi connectivity index (χ4n) is 2.05. The van der Waals surface area contributed by atoms with Crippen molar-refractivity contribution < 1.29 is 9.84 Å². The van der Waals surface area contributed by atoms with Crippen molar-refractivity contribution in [2.24, 2.45) is 7.05 Å². The second-order valence-corrected chi connectivity index (χ2v) is 4.15. The normalized spacial score (nSPS) is 12.9. The lowest BCUT2D eigenvalue weighted by molar-refractivity contribution is 0.173. The van der Waals surface area contributed by atoms with E-state index in [2.05, 4.69) is 5.32 Å². The van der Waals surface area contributed by atoms with Gasteiger partial charge in [-0.05, 0) is 25.2 Å². The molecule has 1 unspecified atom stereocenters. The lowest BCUT2D eigenvalue weighted by Crippen LogP contribution is -2.17. The fraction of sp³-hybridized carbons (Fsp3) is 0.385. The van der Waals surface area contributed by atoms with E-state index < -0.39 is 6.10 Å². The van der Waals surface area contributed by atoms with Crippen LogP contribution in [0.3, 0.4) is 0 Å². The third-order valence-electron chi connectivity index (χ3n) is 2.99. The van der Waals surface area contributed by atoms with E-state index in [1.54, 1.807) is 7.11 Å². The molecule has 0 saturated heterocycles. The number of benzene rings is 1. The Morgan fingerprint density at radius 2 is 2.24 bits per heavy atom. The van der Waals surface area contributed by atoms with Gasteiger partial charge in [-0.25, -0.2) is 0 Å². The highest BCUT2D eigenvalue weighted by atomic mass is 16.5. The molecule has 0 amide bonds. The van der Waals surface area contributed by atoms with Crippen LogP contribution in [0.2, 0.25) is 0 Å². The number of aromatic nitrogens is 1. The summed E-state index contributed by atoms with van der Waals surface area (Å²) >= 11 is 0. The van der Waals surface area contributed by atoms with Crippen molar-refractivity contribution in [3.63, 3.8) is 0 Å². The van der Waals surface area contributed by atoms with Gasteiger partial charge in [-0.15, -0.1) is 0 Å². The van der Waals surface area contributed by atoms with Gasteiger partial charge in [0.15, 0.2) is 0 Å². The van der Waals surface area contributed by atoms with Gasteiger partial charge < -0.3 is 19.7 Å². The van der Waals surface area contributed by atoms with Gasteiger partial charge in [0.1, 0.15) is 5.75 Å². The number of fused-ring (bicyclic) bond motifs is 1. The van der Waals surface area contributed by atoms with Gasteiger partial charge in [0.05, 0.1) is 13.2 Å². The molecule has 0 aliphatic carbocycles. The van der Waals surface area contributed by atoms with Crippen LogP contribution >= 0.6 is 0 Å². The molecule has 0 aliphatic heterocycles. The SMILES string of the molecule is CNCC(O)c1cc2c(ccn2C)cc1OC. The smallest absolute Gasteiger partial charge is 0.125 e. The van der Waals surface area contributed by atoms with Gasteiger partial charge in [-0.2, -0.15) is 0 Å². The Kier molecular flexibility index (Phi) is 3.36. The zero-order valence-corrected chi connectivity index (χ0v) is 10.4. The van der Waals surface area contributed by atoms with E-state index in [1.165, 1.54) is 0 Å². The van der Waals surface area contributed by atoms with E-state index in [9.17, 15) is 5.11 Å². The van der Waals surface area contributed by atoms with Crippen LogP contribution in [0.25, 0.3) is 10.9 Å². The predicted octanol–water partition coefficient (Wildman–Crippen LogP) is 1.44. The van der Waals surface area contributed by atoms with Crippen LogP contribution in [0, 0.1) is 0 Å². The minimum Gasteiger partial charge on any atom is -0.496 e. The number of aliphatic hydroxyl groups is 1. The second kappa shape index (κ2) is 4.77. The number of rotatable bonds is 4. The first-order valence-electron chi connectivity index (χ1n) is 5.63. The predicted molar refractivity (Wildman–Crippen MR) is 68.4 cm³/mol. The molecule has 0 bridgehead atoms. The maximum atomic E-state index is 10.1. The lowest BCUT2D eigenvalue weighted by atomic mass is 10.1. The molecule has 17 heavy (non-hydrogen) atoms. The zero-order valence-electron chi connectivity index (χ0n) is 10.4. The van der Waals surface area contributed by atoms with E-state index >= 15 is 0 Å². The Hall–Kier alpha value is -1.52. The van der Waals surface area contributed by atoms with Crippen molar-refractivity contribution in [3.8, 4) is 5.75 Å². The van der Waals surface area contributed by atoms with Gasteiger partial charge in [0.25, 0.3) is 0 Å². The number of nitrogens with one attached hydrogen (secondary N) is 1. The molecular formula is C13H18N2O2. The third kappa shape index (κ3) is 2.14. The Balaban J connectivity index is 2.54. The fourth-order valence-corrected chi connectivity index (χ4v) is 2.05. The highest BCUT2D eigenvalue weighted by Crippen LogP contribution is 2.30. The van der Waals surface area contributed by atoms with Crippen LogP contribution in [-0.2, 0) is 7.05 Å². The monoisotopic (exact) mass is 234 g/mol. The summed E-state index contributed by atoms with van der Waals surface area (Å²) in [6.45, 7) is 0.506. The van der Waals surface area contributed by atoms with Crippen LogP contribution < -0.4 is 10.1 Å². The third-order valence-corrected chi connectivity index (χ3v) is 2.99. The topological polar surface area (TPSA) is 46.4 Å². The molecular weight excluding hydrogens is 216 g/mol. The number of aryl methyl sites for hydroxylation is 1. The molecule has 1 heterocycles. The lowest BCUT2D eigenvalue weighted by Gasteiger charge is -2.15. The summed E-state index contributed by atoms with van der Waals surface area (Å²) in [6, 6.07) is 5.98. The van der Waals surface area contributed by atoms with Crippen LogP contribution in [0.4, 0.5) is 0 Å². The number of hydrogen-bond acceptors (Lipinski definition) is 3. The number of hydrogen-bond donors (Lipinski definition) is 2. The van der Waals surface area contributed by atoms with Gasteiger partial charge in [0, 0.05) is 36.3 Å². The van der Waals surface area contributed by atoms with Gasteiger partial charge in [-0.3, -0.25) is 0 Å². The first kappa shape index (κ1) is 12.0. The average molecular weight is 234 g/mol. The van der Waals surface area contributed by atoms with Crippen molar-refractivity contribution >= 4 is 10.9 Å². The van der Waals surface area contributed by atoms with E-state index in [0.29, 0.717) is 6.54 Å². The molecule has 0 aliphatic rings. The van der Waals surface area contributed by atoms with Crippen molar-refractivity contribution in [2.75, 3.05) is 20.7 Å². The van der Waals surface area contributed by atoms with E-state index in [-0.39, 0.29) is 0 Å². The minimum atomic E-state index is -0.561. The highest BCUT2D eigenvalue weighted by molar-refractivity contribution is 5.83. The molecule has 1 aromatic heterocycles. The molecule has 92 valence electrons. The zero-order chi connectivity index (χ0) is 12.4. The Morgan fingerprint density at radius 3 is 2.88 bits per heavy atom. The first-order chi connectivity index (χ1) is 8.17. The molecule has 4 nitrogen and oxygen atoms in total. The Labute approximate surface area is 101 Å². The summed E-state index contributed by atoms with van der Waals surface area (Å²) in [4.78, 5) is 0. The summed E-state index contributed by atoms with van der Waals surface area (Å²) in [5, 5.41) is 14.1. The summed E-state index contributed by atoms with van der Waals surface area (Å²) in [6.07, 6.45) is 1.44. The molecule has 0 spiro atoms. The van der Waals surface area contributed by atoms with Gasteiger partial charge in [-0.1, -0.05) is 0 Å². The number of ether oxygens (including phenoxy) is 1. The number of aliphatic hydroxyl groups excluding tert-OH is 1. The maximum absolute atomic E-state index is 10.1. The van der Waals surface area contributed by atoms with Crippen LogP contribution in [0.15, 0.2) is 24.4 Å². The van der Waals surface area contributed by atoms with Crippen LogP contribution in [0.1, 0.15) is 11.7 Å². The summed E-state index contributed by atoms with van der Waals surface area (Å²) in [5.74, 6) is 0.728. The standard InChI is InChI=1S/C13H18N2O2/c1-14-8-12(16)10-7-11-9(4-5-15(11)2)6-13(10)17-3/h4-7,12,14,16H,8H2,1-3H3. The number of likely N-dealkylation sites (N-methyl/N-ethyl adjacent to an activating group) is 1. The summed E-state index contributed by atoms with van der Waals surface area (Å²) in [5.41, 5.74) is 1.91. The van der Waals surface area contributed by atoms with Gasteiger partial charge in [0.2, 0.25) is 0 Å². The summed E-state index contributed by atoms with van der Waals surface area (Å²) < 4.78 is 7.37.